The van der Waals surface area contributed by atoms with Gasteiger partial charge in [0.1, 0.15) is 5.76 Å². The Labute approximate surface area is 106 Å². The van der Waals surface area contributed by atoms with E-state index in [4.69, 9.17) is 10.2 Å². The SMILES string of the molecule is COC(=O)c1oc(CSC(C)CCN)cc1C. The van der Waals surface area contributed by atoms with E-state index in [1.807, 2.05) is 13.0 Å². The predicted molar refractivity (Wildman–Crippen MR) is 69.2 cm³/mol. The molecule has 1 aromatic heterocycles. The van der Waals surface area contributed by atoms with Gasteiger partial charge in [0.05, 0.1) is 12.9 Å². The second-order valence-electron chi connectivity index (χ2n) is 3.92. The summed E-state index contributed by atoms with van der Waals surface area (Å²) in [7, 11) is 1.35. The van der Waals surface area contributed by atoms with Crippen molar-refractivity contribution in [1.29, 1.82) is 0 Å². The van der Waals surface area contributed by atoms with Gasteiger partial charge < -0.3 is 14.9 Å². The molecule has 0 aromatic carbocycles. The standard InChI is InChI=1S/C12H19NO3S/c1-8-6-10(7-17-9(2)4-5-13)16-11(8)12(14)15-3/h6,9H,4-5,7,13H2,1-3H3. The van der Waals surface area contributed by atoms with Crippen LogP contribution in [0.4, 0.5) is 0 Å². The van der Waals surface area contributed by atoms with Crippen LogP contribution in [0.1, 0.15) is 35.2 Å². The summed E-state index contributed by atoms with van der Waals surface area (Å²) >= 11 is 1.77. The number of esters is 1. The molecule has 4 nitrogen and oxygen atoms in total. The van der Waals surface area contributed by atoms with Crippen molar-refractivity contribution in [3.63, 3.8) is 0 Å². The van der Waals surface area contributed by atoms with Gasteiger partial charge in [-0.05, 0) is 26.0 Å². The zero-order valence-corrected chi connectivity index (χ0v) is 11.3. The van der Waals surface area contributed by atoms with E-state index in [0.717, 1.165) is 23.5 Å². The van der Waals surface area contributed by atoms with Gasteiger partial charge in [0, 0.05) is 10.8 Å². The molecule has 1 rings (SSSR count). The second kappa shape index (κ2) is 6.71. The number of aryl methyl sites for hydroxylation is 1. The number of methoxy groups -OCH3 is 1. The number of carbonyl (C=O) groups is 1. The molecule has 0 spiro atoms. The molecule has 0 aliphatic heterocycles. The second-order valence-corrected chi connectivity index (χ2v) is 5.34. The molecule has 5 heteroatoms. The first-order valence-corrected chi connectivity index (χ1v) is 6.62. The number of rotatable bonds is 6. The van der Waals surface area contributed by atoms with Crippen molar-refractivity contribution in [1.82, 2.24) is 0 Å². The Hall–Kier alpha value is -0.940. The van der Waals surface area contributed by atoms with Crippen molar-refractivity contribution in [2.24, 2.45) is 5.73 Å². The van der Waals surface area contributed by atoms with E-state index in [0.29, 0.717) is 17.6 Å². The summed E-state index contributed by atoms with van der Waals surface area (Å²) in [5, 5.41) is 0.493. The molecule has 2 N–H and O–H groups in total. The highest BCUT2D eigenvalue weighted by molar-refractivity contribution is 7.99. The Morgan fingerprint density at radius 1 is 1.65 bits per heavy atom. The molecular weight excluding hydrogens is 238 g/mol. The van der Waals surface area contributed by atoms with Crippen LogP contribution in [0.5, 0.6) is 0 Å². The molecule has 0 aliphatic rings. The van der Waals surface area contributed by atoms with Gasteiger partial charge in [-0.15, -0.1) is 0 Å². The highest BCUT2D eigenvalue weighted by atomic mass is 32.2. The highest BCUT2D eigenvalue weighted by Gasteiger charge is 2.16. The lowest BCUT2D eigenvalue weighted by molar-refractivity contribution is 0.0562. The molecule has 0 fully saturated rings. The molecule has 0 saturated heterocycles. The molecule has 1 aromatic rings. The fourth-order valence-corrected chi connectivity index (χ4v) is 2.35. The van der Waals surface area contributed by atoms with Crippen molar-refractivity contribution < 1.29 is 13.9 Å². The molecule has 0 aliphatic carbocycles. The molecule has 96 valence electrons. The minimum Gasteiger partial charge on any atom is -0.463 e. The number of nitrogens with two attached hydrogens (primary N) is 1. The van der Waals surface area contributed by atoms with Gasteiger partial charge in [0.2, 0.25) is 5.76 Å². The number of furan rings is 1. The molecule has 1 atom stereocenters. The van der Waals surface area contributed by atoms with Gasteiger partial charge in [-0.25, -0.2) is 4.79 Å². The topological polar surface area (TPSA) is 65.5 Å². The van der Waals surface area contributed by atoms with Crippen LogP contribution in [0, 0.1) is 6.92 Å². The average Bonchev–Trinajstić information content (AvgIpc) is 2.67. The first kappa shape index (κ1) is 14.1. The normalized spacial score (nSPS) is 12.5. The molecular formula is C12H19NO3S. The fourth-order valence-electron chi connectivity index (χ4n) is 1.46. The Morgan fingerprint density at radius 2 is 2.35 bits per heavy atom. The van der Waals surface area contributed by atoms with Gasteiger partial charge in [-0.2, -0.15) is 11.8 Å². The van der Waals surface area contributed by atoms with Crippen LogP contribution >= 0.6 is 11.8 Å². The zero-order chi connectivity index (χ0) is 12.8. The van der Waals surface area contributed by atoms with Gasteiger partial charge in [-0.3, -0.25) is 0 Å². The molecule has 0 amide bonds. The number of ether oxygens (including phenoxy) is 1. The van der Waals surface area contributed by atoms with Crippen LogP contribution < -0.4 is 5.73 Å². The summed E-state index contributed by atoms with van der Waals surface area (Å²) in [5.74, 6) is 1.43. The van der Waals surface area contributed by atoms with Crippen molar-refractivity contribution in [3.05, 3.63) is 23.2 Å². The van der Waals surface area contributed by atoms with E-state index in [9.17, 15) is 4.79 Å². The third-order valence-electron chi connectivity index (χ3n) is 2.42. The minimum atomic E-state index is -0.422. The van der Waals surface area contributed by atoms with Crippen LogP contribution in [-0.2, 0) is 10.5 Å². The number of hydrogen-bond acceptors (Lipinski definition) is 5. The fraction of sp³-hybridized carbons (Fsp3) is 0.583. The highest BCUT2D eigenvalue weighted by Crippen LogP contribution is 2.23. The van der Waals surface area contributed by atoms with Crippen molar-refractivity contribution in [2.75, 3.05) is 13.7 Å². The van der Waals surface area contributed by atoms with E-state index in [1.165, 1.54) is 7.11 Å². The summed E-state index contributed by atoms with van der Waals surface area (Å²) < 4.78 is 10.1. The molecule has 0 radical (unpaired) electrons. The smallest absolute Gasteiger partial charge is 0.374 e. The number of carbonyl (C=O) groups excluding carboxylic acids is 1. The largest absolute Gasteiger partial charge is 0.463 e. The maximum absolute atomic E-state index is 11.3. The maximum Gasteiger partial charge on any atom is 0.374 e. The summed E-state index contributed by atoms with van der Waals surface area (Å²) in [4.78, 5) is 11.3. The van der Waals surface area contributed by atoms with Crippen LogP contribution in [0.15, 0.2) is 10.5 Å². The summed E-state index contributed by atoms with van der Waals surface area (Å²) in [5.41, 5.74) is 6.30. The zero-order valence-electron chi connectivity index (χ0n) is 10.5. The summed E-state index contributed by atoms with van der Waals surface area (Å²) in [6, 6.07) is 1.88. The lowest BCUT2D eigenvalue weighted by atomic mass is 10.3. The molecule has 0 saturated carbocycles. The lowest BCUT2D eigenvalue weighted by Gasteiger charge is -2.07. The van der Waals surface area contributed by atoms with Crippen LogP contribution in [0.25, 0.3) is 0 Å². The van der Waals surface area contributed by atoms with Crippen LogP contribution in [-0.4, -0.2) is 24.9 Å². The third-order valence-corrected chi connectivity index (χ3v) is 3.68. The van der Waals surface area contributed by atoms with Crippen molar-refractivity contribution in [3.8, 4) is 0 Å². The van der Waals surface area contributed by atoms with E-state index < -0.39 is 5.97 Å². The third kappa shape index (κ3) is 4.09. The molecule has 1 unspecified atom stereocenters. The first-order valence-electron chi connectivity index (χ1n) is 5.57. The summed E-state index contributed by atoms with van der Waals surface area (Å²) in [6.45, 7) is 4.67. The first-order chi connectivity index (χ1) is 8.08. The number of thioether (sulfide) groups is 1. The van der Waals surface area contributed by atoms with Gasteiger partial charge in [-0.1, -0.05) is 6.92 Å². The number of hydrogen-bond donors (Lipinski definition) is 1. The van der Waals surface area contributed by atoms with Gasteiger partial charge in [0.15, 0.2) is 0 Å². The Morgan fingerprint density at radius 3 is 2.94 bits per heavy atom. The summed E-state index contributed by atoms with van der Waals surface area (Å²) in [6.07, 6.45) is 0.980. The monoisotopic (exact) mass is 257 g/mol. The van der Waals surface area contributed by atoms with E-state index in [1.54, 1.807) is 11.8 Å². The molecule has 1 heterocycles. The van der Waals surface area contributed by atoms with Gasteiger partial charge in [0.25, 0.3) is 0 Å². The predicted octanol–water partition coefficient (Wildman–Crippen LogP) is 2.35. The van der Waals surface area contributed by atoms with Crippen molar-refractivity contribution in [2.45, 2.75) is 31.3 Å². The van der Waals surface area contributed by atoms with Gasteiger partial charge >= 0.3 is 5.97 Å². The quantitative estimate of drug-likeness (QED) is 0.792. The Bertz CT molecular complexity index is 376. The van der Waals surface area contributed by atoms with E-state index in [2.05, 4.69) is 11.7 Å². The molecule has 17 heavy (non-hydrogen) atoms. The van der Waals surface area contributed by atoms with Crippen molar-refractivity contribution >= 4 is 17.7 Å². The maximum atomic E-state index is 11.3. The van der Waals surface area contributed by atoms with Crippen LogP contribution in [0.2, 0.25) is 0 Å². The van der Waals surface area contributed by atoms with E-state index in [-0.39, 0.29) is 0 Å². The Kier molecular flexibility index (Phi) is 5.58. The average molecular weight is 257 g/mol. The van der Waals surface area contributed by atoms with Crippen LogP contribution in [0.3, 0.4) is 0 Å². The lowest BCUT2D eigenvalue weighted by Crippen LogP contribution is -2.07. The molecule has 0 bridgehead atoms. The Balaban J connectivity index is 2.58. The minimum absolute atomic E-state index is 0.301. The van der Waals surface area contributed by atoms with E-state index >= 15 is 0 Å².